The Bertz CT molecular complexity index is 315. The molecule has 0 unspecified atom stereocenters. The van der Waals surface area contributed by atoms with Crippen molar-refractivity contribution in [2.75, 3.05) is 20.1 Å². The number of aryl methyl sites for hydroxylation is 1. The highest BCUT2D eigenvalue weighted by Crippen LogP contribution is 1.88. The molecule has 1 aromatic rings. The van der Waals surface area contributed by atoms with E-state index in [1.807, 2.05) is 12.5 Å². The van der Waals surface area contributed by atoms with Gasteiger partial charge in [0.25, 0.3) is 0 Å². The quantitative estimate of drug-likeness (QED) is 0.320. The second kappa shape index (κ2) is 7.50. The molecule has 0 aliphatic rings. The van der Waals surface area contributed by atoms with Crippen LogP contribution in [0.1, 0.15) is 6.42 Å². The lowest BCUT2D eigenvalue weighted by Gasteiger charge is -2.10. The zero-order valence-electron chi connectivity index (χ0n) is 9.69. The molecule has 0 aliphatic heterocycles. The molecule has 0 saturated carbocycles. The van der Waals surface area contributed by atoms with Crippen LogP contribution < -0.4 is 10.6 Å². The molecule has 0 spiro atoms. The average Bonchev–Trinajstić information content (AvgIpc) is 2.81. The zero-order chi connectivity index (χ0) is 11.6. The second-order valence-electron chi connectivity index (χ2n) is 3.32. The van der Waals surface area contributed by atoms with Gasteiger partial charge in [-0.2, -0.15) is 0 Å². The van der Waals surface area contributed by atoms with Crippen molar-refractivity contribution in [3.8, 4) is 0 Å². The molecule has 0 bridgehead atoms. The van der Waals surface area contributed by atoms with Gasteiger partial charge in [0.1, 0.15) is 0 Å². The van der Waals surface area contributed by atoms with E-state index in [-0.39, 0.29) is 0 Å². The highest BCUT2D eigenvalue weighted by molar-refractivity contribution is 5.79. The first-order valence-electron chi connectivity index (χ1n) is 5.38. The molecular formula is C11H19N5. The highest BCUT2D eigenvalue weighted by Gasteiger charge is 1.94. The second-order valence-corrected chi connectivity index (χ2v) is 3.32. The number of hydrogen-bond donors (Lipinski definition) is 2. The maximum absolute atomic E-state index is 4.09. The Morgan fingerprint density at radius 2 is 2.44 bits per heavy atom. The summed E-state index contributed by atoms with van der Waals surface area (Å²) >= 11 is 0. The van der Waals surface area contributed by atoms with Crippen molar-refractivity contribution < 1.29 is 0 Å². The standard InChI is InChI=1S/C11H19N5/c1-3-5-14-11(12-2)15-6-4-8-16-9-7-13-10-16/h3,7,9-10H,1,4-6,8H2,2H3,(H2,12,14,15). The molecule has 0 aliphatic carbocycles. The van der Waals surface area contributed by atoms with Gasteiger partial charge in [-0.1, -0.05) is 6.08 Å². The molecule has 1 rings (SSSR count). The van der Waals surface area contributed by atoms with Gasteiger partial charge in [0.05, 0.1) is 6.33 Å². The Hall–Kier alpha value is -1.78. The number of rotatable bonds is 6. The van der Waals surface area contributed by atoms with Crippen LogP contribution in [-0.2, 0) is 6.54 Å². The largest absolute Gasteiger partial charge is 0.356 e. The Balaban J connectivity index is 2.11. The summed E-state index contributed by atoms with van der Waals surface area (Å²) in [6.45, 7) is 6.21. The van der Waals surface area contributed by atoms with E-state index >= 15 is 0 Å². The highest BCUT2D eigenvalue weighted by atomic mass is 15.2. The van der Waals surface area contributed by atoms with Crippen LogP contribution in [0.3, 0.4) is 0 Å². The lowest BCUT2D eigenvalue weighted by Crippen LogP contribution is -2.37. The predicted octanol–water partition coefficient (Wildman–Crippen LogP) is 0.624. The van der Waals surface area contributed by atoms with Crippen molar-refractivity contribution in [3.63, 3.8) is 0 Å². The summed E-state index contributed by atoms with van der Waals surface area (Å²) < 4.78 is 2.06. The van der Waals surface area contributed by atoms with Gasteiger partial charge in [-0.25, -0.2) is 4.98 Å². The van der Waals surface area contributed by atoms with Gasteiger partial charge in [0.2, 0.25) is 0 Å². The fourth-order valence-corrected chi connectivity index (χ4v) is 1.28. The van der Waals surface area contributed by atoms with Crippen molar-refractivity contribution in [2.24, 2.45) is 4.99 Å². The summed E-state index contributed by atoms with van der Waals surface area (Å²) in [5.74, 6) is 0.811. The molecule has 0 fully saturated rings. The smallest absolute Gasteiger partial charge is 0.191 e. The van der Waals surface area contributed by atoms with Crippen molar-refractivity contribution in [2.45, 2.75) is 13.0 Å². The number of hydrogen-bond acceptors (Lipinski definition) is 2. The maximum Gasteiger partial charge on any atom is 0.191 e. The summed E-state index contributed by atoms with van der Waals surface area (Å²) in [5, 5.41) is 6.34. The van der Waals surface area contributed by atoms with Crippen LogP contribution in [0, 0.1) is 0 Å². The lowest BCUT2D eigenvalue weighted by molar-refractivity contribution is 0.626. The number of guanidine groups is 1. The van der Waals surface area contributed by atoms with Crippen LogP contribution in [0.15, 0.2) is 36.4 Å². The summed E-state index contributed by atoms with van der Waals surface area (Å²) in [7, 11) is 1.76. The monoisotopic (exact) mass is 221 g/mol. The minimum atomic E-state index is 0.723. The van der Waals surface area contributed by atoms with Crippen molar-refractivity contribution in [1.82, 2.24) is 20.2 Å². The molecule has 0 atom stereocenters. The third kappa shape index (κ3) is 4.63. The molecule has 0 saturated heterocycles. The first-order chi connectivity index (χ1) is 7.86. The van der Waals surface area contributed by atoms with Gasteiger partial charge in [-0.3, -0.25) is 4.99 Å². The van der Waals surface area contributed by atoms with Crippen LogP contribution in [-0.4, -0.2) is 35.6 Å². The molecule has 5 nitrogen and oxygen atoms in total. The van der Waals surface area contributed by atoms with Gasteiger partial charge < -0.3 is 15.2 Å². The van der Waals surface area contributed by atoms with Crippen LogP contribution in [0.25, 0.3) is 0 Å². The molecule has 1 heterocycles. The summed E-state index contributed by atoms with van der Waals surface area (Å²) in [6.07, 6.45) is 8.41. The van der Waals surface area contributed by atoms with Gasteiger partial charge >= 0.3 is 0 Å². The van der Waals surface area contributed by atoms with E-state index in [0.717, 1.165) is 32.0 Å². The summed E-state index contributed by atoms with van der Waals surface area (Å²) in [4.78, 5) is 8.08. The fraction of sp³-hybridized carbons (Fsp3) is 0.455. The van der Waals surface area contributed by atoms with Crippen LogP contribution in [0.5, 0.6) is 0 Å². The van der Waals surface area contributed by atoms with E-state index in [2.05, 4.69) is 31.8 Å². The van der Waals surface area contributed by atoms with Gasteiger partial charge in [-0.05, 0) is 6.42 Å². The van der Waals surface area contributed by atoms with E-state index in [0.29, 0.717) is 0 Å². The van der Waals surface area contributed by atoms with Crippen LogP contribution in [0.4, 0.5) is 0 Å². The molecule has 0 aromatic carbocycles. The third-order valence-corrected chi connectivity index (χ3v) is 2.08. The van der Waals surface area contributed by atoms with Gasteiger partial charge in [-0.15, -0.1) is 6.58 Å². The number of aliphatic imine (C=N–C) groups is 1. The Morgan fingerprint density at radius 3 is 3.06 bits per heavy atom. The molecule has 5 heteroatoms. The molecule has 0 amide bonds. The molecule has 2 N–H and O–H groups in total. The average molecular weight is 221 g/mol. The minimum absolute atomic E-state index is 0.723. The molecular weight excluding hydrogens is 202 g/mol. The third-order valence-electron chi connectivity index (χ3n) is 2.08. The molecule has 0 radical (unpaired) electrons. The number of aromatic nitrogens is 2. The van der Waals surface area contributed by atoms with E-state index in [1.165, 1.54) is 0 Å². The maximum atomic E-state index is 4.09. The number of nitrogens with one attached hydrogen (secondary N) is 2. The summed E-state index contributed by atoms with van der Waals surface area (Å²) in [6, 6.07) is 0. The Morgan fingerprint density at radius 1 is 1.56 bits per heavy atom. The fourth-order valence-electron chi connectivity index (χ4n) is 1.28. The molecule has 88 valence electrons. The van der Waals surface area contributed by atoms with Crippen molar-refractivity contribution in [3.05, 3.63) is 31.4 Å². The van der Waals surface area contributed by atoms with E-state index in [4.69, 9.17) is 0 Å². The summed E-state index contributed by atoms with van der Waals surface area (Å²) in [5.41, 5.74) is 0. The SMILES string of the molecule is C=CCNC(=NC)NCCCn1ccnc1. The topological polar surface area (TPSA) is 54.2 Å². The Labute approximate surface area is 96.3 Å². The van der Waals surface area contributed by atoms with E-state index < -0.39 is 0 Å². The number of nitrogens with zero attached hydrogens (tertiary/aromatic N) is 3. The van der Waals surface area contributed by atoms with Gasteiger partial charge in [0, 0.05) is 39.1 Å². The van der Waals surface area contributed by atoms with Crippen LogP contribution >= 0.6 is 0 Å². The van der Waals surface area contributed by atoms with Crippen molar-refractivity contribution in [1.29, 1.82) is 0 Å². The minimum Gasteiger partial charge on any atom is -0.356 e. The Kier molecular flexibility index (Phi) is 5.76. The van der Waals surface area contributed by atoms with Crippen molar-refractivity contribution >= 4 is 5.96 Å². The first kappa shape index (κ1) is 12.3. The normalized spacial score (nSPS) is 11.2. The van der Waals surface area contributed by atoms with Crippen LogP contribution in [0.2, 0.25) is 0 Å². The lowest BCUT2D eigenvalue weighted by atomic mass is 10.4. The predicted molar refractivity (Wildman–Crippen MR) is 66.4 cm³/mol. The molecule has 16 heavy (non-hydrogen) atoms. The van der Waals surface area contributed by atoms with E-state index in [1.54, 1.807) is 19.3 Å². The number of imidazole rings is 1. The zero-order valence-corrected chi connectivity index (χ0v) is 9.69. The van der Waals surface area contributed by atoms with Gasteiger partial charge in [0.15, 0.2) is 5.96 Å². The first-order valence-corrected chi connectivity index (χ1v) is 5.38. The van der Waals surface area contributed by atoms with E-state index in [9.17, 15) is 0 Å². The molecule has 1 aromatic heterocycles.